The summed E-state index contributed by atoms with van der Waals surface area (Å²) in [6.45, 7) is 6.01. The Morgan fingerprint density at radius 3 is 2.36 bits per heavy atom. The van der Waals surface area contributed by atoms with Gasteiger partial charge in [-0.2, -0.15) is 21.6 Å². The average molecular weight is 488 g/mol. The molecule has 1 atom stereocenters. The van der Waals surface area contributed by atoms with Crippen molar-refractivity contribution in [3.63, 3.8) is 0 Å². The van der Waals surface area contributed by atoms with Crippen LogP contribution in [0.15, 0.2) is 47.4 Å². The van der Waals surface area contributed by atoms with Crippen LogP contribution >= 0.6 is 0 Å². The number of carbonyl (C=O) groups is 1. The van der Waals surface area contributed by atoms with Gasteiger partial charge >= 0.3 is 16.3 Å². The molecule has 0 spiro atoms. The predicted octanol–water partition coefficient (Wildman–Crippen LogP) is 5.41. The van der Waals surface area contributed by atoms with Gasteiger partial charge in [-0.1, -0.05) is 26.0 Å². The number of hydrogen-bond donors (Lipinski definition) is 0. The number of alkyl halides is 3. The molecule has 2 aromatic rings. The van der Waals surface area contributed by atoms with Gasteiger partial charge in [0, 0.05) is 19.0 Å². The summed E-state index contributed by atoms with van der Waals surface area (Å²) in [5.74, 6) is -0.120. The van der Waals surface area contributed by atoms with E-state index in [-0.39, 0.29) is 30.0 Å². The van der Waals surface area contributed by atoms with Crippen molar-refractivity contribution in [2.75, 3.05) is 7.11 Å². The summed E-state index contributed by atoms with van der Waals surface area (Å²) in [4.78, 5) is 13.6. The Balaban J connectivity index is 2.39. The van der Waals surface area contributed by atoms with Crippen molar-refractivity contribution < 1.29 is 35.3 Å². The van der Waals surface area contributed by atoms with Gasteiger partial charge in [0.1, 0.15) is 4.90 Å². The molecule has 0 aromatic heterocycles. The third kappa shape index (κ3) is 6.86. The molecule has 10 heteroatoms. The van der Waals surface area contributed by atoms with Crippen LogP contribution in [-0.2, 0) is 27.6 Å². The monoisotopic (exact) mass is 487 g/mol. The number of carbonyl (C=O) groups excluding carboxylic acids is 1. The van der Waals surface area contributed by atoms with Gasteiger partial charge in [-0.15, -0.1) is 0 Å². The lowest BCUT2D eigenvalue weighted by Gasteiger charge is -2.29. The molecule has 0 radical (unpaired) electrons. The highest BCUT2D eigenvalue weighted by Crippen LogP contribution is 2.34. The van der Waals surface area contributed by atoms with Crippen molar-refractivity contribution in [1.82, 2.24) is 4.90 Å². The summed E-state index contributed by atoms with van der Waals surface area (Å²) in [7, 11) is -3.27. The topological polar surface area (TPSA) is 72.9 Å². The zero-order valence-electron chi connectivity index (χ0n) is 19.0. The normalized spacial score (nSPS) is 12.8. The standard InChI is InChI=1S/C23H28F3NO5S/c1-5-8-22(28)27(16(3)6-2)15-17-11-12-20(31-4)21(13-17)32-33(29,30)19-10-7-9-18(14-19)23(24,25)26/h7,9-14,16H,5-6,8,15H2,1-4H3. The number of hydrogen-bond acceptors (Lipinski definition) is 5. The van der Waals surface area contributed by atoms with Crippen molar-refractivity contribution in [1.29, 1.82) is 0 Å². The third-order valence-electron chi connectivity index (χ3n) is 5.14. The summed E-state index contributed by atoms with van der Waals surface area (Å²) in [6, 6.07) is 7.85. The molecule has 0 bridgehead atoms. The van der Waals surface area contributed by atoms with Gasteiger partial charge in [0.25, 0.3) is 0 Å². The summed E-state index contributed by atoms with van der Waals surface area (Å²) < 4.78 is 74.8. The number of methoxy groups -OCH3 is 1. The molecule has 6 nitrogen and oxygen atoms in total. The van der Waals surface area contributed by atoms with Crippen molar-refractivity contribution >= 4 is 16.0 Å². The van der Waals surface area contributed by atoms with E-state index in [0.29, 0.717) is 24.5 Å². The average Bonchev–Trinajstić information content (AvgIpc) is 2.76. The fourth-order valence-electron chi connectivity index (χ4n) is 3.14. The molecule has 0 saturated heterocycles. The van der Waals surface area contributed by atoms with Gasteiger partial charge in [0.15, 0.2) is 11.5 Å². The van der Waals surface area contributed by atoms with E-state index in [1.54, 1.807) is 11.0 Å². The first-order valence-corrected chi connectivity index (χ1v) is 11.9. The zero-order valence-corrected chi connectivity index (χ0v) is 19.8. The van der Waals surface area contributed by atoms with Crippen molar-refractivity contribution in [2.45, 2.75) is 63.7 Å². The molecule has 2 rings (SSSR count). The maximum absolute atomic E-state index is 13.0. The van der Waals surface area contributed by atoms with Gasteiger partial charge in [-0.25, -0.2) is 0 Å². The molecule has 0 aliphatic rings. The minimum Gasteiger partial charge on any atom is -0.493 e. The van der Waals surface area contributed by atoms with Crippen LogP contribution in [0.2, 0.25) is 0 Å². The minimum absolute atomic E-state index is 0.0262. The van der Waals surface area contributed by atoms with Gasteiger partial charge in [-0.05, 0) is 55.7 Å². The number of nitrogens with zero attached hydrogens (tertiary/aromatic N) is 1. The highest BCUT2D eigenvalue weighted by atomic mass is 32.2. The van der Waals surface area contributed by atoms with E-state index in [2.05, 4.69) is 0 Å². The predicted molar refractivity (Wildman–Crippen MR) is 117 cm³/mol. The lowest BCUT2D eigenvalue weighted by molar-refractivity contribution is -0.137. The Morgan fingerprint density at radius 1 is 1.09 bits per heavy atom. The fraction of sp³-hybridized carbons (Fsp3) is 0.435. The van der Waals surface area contributed by atoms with E-state index in [9.17, 15) is 26.4 Å². The zero-order chi connectivity index (χ0) is 24.8. The second-order valence-electron chi connectivity index (χ2n) is 7.58. The molecule has 0 saturated carbocycles. The highest BCUT2D eigenvalue weighted by Gasteiger charge is 2.32. The molecule has 0 fully saturated rings. The van der Waals surface area contributed by atoms with E-state index in [1.807, 2.05) is 20.8 Å². The Bertz CT molecular complexity index is 1070. The molecule has 0 heterocycles. The number of benzene rings is 2. The lowest BCUT2D eigenvalue weighted by Crippen LogP contribution is -2.37. The van der Waals surface area contributed by atoms with Gasteiger partial charge < -0.3 is 13.8 Å². The maximum atomic E-state index is 13.0. The quantitative estimate of drug-likeness (QED) is 0.419. The summed E-state index contributed by atoms with van der Waals surface area (Å²) in [6.07, 6.45) is -2.89. The van der Waals surface area contributed by atoms with E-state index >= 15 is 0 Å². The second kappa shape index (κ2) is 10.9. The highest BCUT2D eigenvalue weighted by molar-refractivity contribution is 7.87. The van der Waals surface area contributed by atoms with E-state index in [4.69, 9.17) is 8.92 Å². The Hall–Kier alpha value is -2.75. The van der Waals surface area contributed by atoms with Crippen LogP contribution < -0.4 is 8.92 Å². The molecule has 1 unspecified atom stereocenters. The molecule has 2 aromatic carbocycles. The Morgan fingerprint density at radius 2 is 1.79 bits per heavy atom. The number of rotatable bonds is 10. The van der Waals surface area contributed by atoms with Crippen LogP contribution in [0.25, 0.3) is 0 Å². The Labute approximate surface area is 192 Å². The van der Waals surface area contributed by atoms with Crippen molar-refractivity contribution in [3.8, 4) is 11.5 Å². The number of amides is 1. The van der Waals surface area contributed by atoms with Crippen LogP contribution in [-0.4, -0.2) is 32.4 Å². The molecular weight excluding hydrogens is 459 g/mol. The number of halogens is 3. The molecule has 33 heavy (non-hydrogen) atoms. The summed E-state index contributed by atoms with van der Waals surface area (Å²) in [5.41, 5.74) is -0.513. The molecule has 0 N–H and O–H groups in total. The van der Waals surface area contributed by atoms with Crippen molar-refractivity contribution in [3.05, 3.63) is 53.6 Å². The maximum Gasteiger partial charge on any atom is 0.416 e. The van der Waals surface area contributed by atoms with Gasteiger partial charge in [0.05, 0.1) is 12.7 Å². The van der Waals surface area contributed by atoms with E-state index < -0.39 is 26.8 Å². The van der Waals surface area contributed by atoms with Gasteiger partial charge in [0.2, 0.25) is 5.91 Å². The third-order valence-corrected chi connectivity index (χ3v) is 6.37. The number of ether oxygens (including phenoxy) is 1. The van der Waals surface area contributed by atoms with Crippen LogP contribution in [0.5, 0.6) is 11.5 Å². The molecule has 182 valence electrons. The summed E-state index contributed by atoms with van der Waals surface area (Å²) in [5, 5.41) is 0. The second-order valence-corrected chi connectivity index (χ2v) is 9.12. The SMILES string of the molecule is CCCC(=O)N(Cc1ccc(OC)c(OS(=O)(=O)c2cccc(C(F)(F)F)c2)c1)C(C)CC. The molecular formula is C23H28F3NO5S. The van der Waals surface area contributed by atoms with Crippen molar-refractivity contribution in [2.24, 2.45) is 0 Å². The van der Waals surface area contributed by atoms with Gasteiger partial charge in [-0.3, -0.25) is 4.79 Å². The van der Waals surface area contributed by atoms with Crippen LogP contribution in [0, 0.1) is 0 Å². The van der Waals surface area contributed by atoms with E-state index in [0.717, 1.165) is 24.6 Å². The summed E-state index contributed by atoms with van der Waals surface area (Å²) >= 11 is 0. The molecule has 0 aliphatic carbocycles. The lowest BCUT2D eigenvalue weighted by atomic mass is 10.1. The Kier molecular flexibility index (Phi) is 8.76. The molecule has 1 amide bonds. The largest absolute Gasteiger partial charge is 0.493 e. The van der Waals surface area contributed by atoms with Crippen LogP contribution in [0.1, 0.15) is 51.2 Å². The fourth-order valence-corrected chi connectivity index (χ4v) is 4.12. The van der Waals surface area contributed by atoms with Crippen LogP contribution in [0.3, 0.4) is 0 Å². The first kappa shape index (κ1) is 26.5. The first-order valence-electron chi connectivity index (χ1n) is 10.5. The van der Waals surface area contributed by atoms with E-state index in [1.165, 1.54) is 19.2 Å². The smallest absolute Gasteiger partial charge is 0.416 e. The first-order chi connectivity index (χ1) is 15.4. The molecule has 0 aliphatic heterocycles. The van der Waals surface area contributed by atoms with Crippen LogP contribution in [0.4, 0.5) is 13.2 Å². The minimum atomic E-state index is -4.70.